The fourth-order valence-electron chi connectivity index (χ4n) is 1.69. The first-order valence-corrected chi connectivity index (χ1v) is 4.95. The molecule has 0 aromatic heterocycles. The molecule has 0 aliphatic carbocycles. The summed E-state index contributed by atoms with van der Waals surface area (Å²) < 4.78 is 35.6. The van der Waals surface area contributed by atoms with Gasteiger partial charge in [-0.15, -0.1) is 0 Å². The number of nitrogens with zero attached hydrogens (tertiary/aromatic N) is 1. The average Bonchev–Trinajstić information content (AvgIpc) is 1.99. The van der Waals surface area contributed by atoms with Gasteiger partial charge < -0.3 is 5.32 Å². The Hall–Kier alpha value is -0.780. The Labute approximate surface area is 86.6 Å². The van der Waals surface area contributed by atoms with E-state index in [0.29, 0.717) is 13.1 Å². The van der Waals surface area contributed by atoms with Gasteiger partial charge in [-0.25, -0.2) is 0 Å². The van der Waals surface area contributed by atoms with Crippen LogP contribution in [0.2, 0.25) is 0 Å². The van der Waals surface area contributed by atoms with Crippen LogP contribution < -0.4 is 5.32 Å². The number of hydrogen-bond donors (Lipinski definition) is 1. The molecule has 1 saturated heterocycles. The van der Waals surface area contributed by atoms with E-state index in [2.05, 4.69) is 5.32 Å². The summed E-state index contributed by atoms with van der Waals surface area (Å²) in [4.78, 5) is 12.8. The van der Waals surface area contributed by atoms with Crippen molar-refractivity contribution in [1.82, 2.24) is 10.2 Å². The summed E-state index contributed by atoms with van der Waals surface area (Å²) in [7, 11) is 0. The first-order valence-electron chi connectivity index (χ1n) is 4.95. The number of nitrogens with one attached hydrogen (secondary N) is 1. The van der Waals surface area contributed by atoms with Gasteiger partial charge in [0, 0.05) is 19.0 Å². The molecule has 0 radical (unpaired) electrons. The minimum Gasteiger partial charge on any atom is -0.351 e. The summed E-state index contributed by atoms with van der Waals surface area (Å²) in [5.74, 6) is -0.110. The minimum absolute atomic E-state index is 0.0251. The van der Waals surface area contributed by atoms with Crippen LogP contribution in [0.4, 0.5) is 13.2 Å². The van der Waals surface area contributed by atoms with Crippen molar-refractivity contribution < 1.29 is 18.0 Å². The molecule has 15 heavy (non-hydrogen) atoms. The summed E-state index contributed by atoms with van der Waals surface area (Å²) >= 11 is 0. The van der Waals surface area contributed by atoms with Gasteiger partial charge in [0.1, 0.15) is 0 Å². The van der Waals surface area contributed by atoms with E-state index in [4.69, 9.17) is 0 Å². The van der Waals surface area contributed by atoms with Crippen LogP contribution in [0.15, 0.2) is 0 Å². The van der Waals surface area contributed by atoms with E-state index in [1.54, 1.807) is 4.90 Å². The van der Waals surface area contributed by atoms with Gasteiger partial charge in [-0.2, -0.15) is 13.2 Å². The average molecular weight is 224 g/mol. The fourth-order valence-corrected chi connectivity index (χ4v) is 1.69. The van der Waals surface area contributed by atoms with E-state index >= 15 is 0 Å². The number of carbonyl (C=O) groups is 1. The van der Waals surface area contributed by atoms with Crippen molar-refractivity contribution in [2.75, 3.05) is 19.6 Å². The molecule has 3 nitrogen and oxygen atoms in total. The maximum absolute atomic E-state index is 11.9. The predicted octanol–water partition coefficient (Wildman–Crippen LogP) is 1.15. The lowest BCUT2D eigenvalue weighted by molar-refractivity contribution is -0.136. The molecule has 0 unspecified atom stereocenters. The van der Waals surface area contributed by atoms with Crippen LogP contribution >= 0.6 is 0 Å². The SMILES string of the molecule is C[C@@H]1CN(CCCC(F)(F)F)CC(=O)N1. The van der Waals surface area contributed by atoms with Crippen LogP contribution in [-0.2, 0) is 4.79 Å². The van der Waals surface area contributed by atoms with Crippen molar-refractivity contribution in [3.8, 4) is 0 Å². The van der Waals surface area contributed by atoms with Crippen molar-refractivity contribution >= 4 is 5.91 Å². The Bertz CT molecular complexity index is 230. The molecule has 1 rings (SSSR count). The summed E-state index contributed by atoms with van der Waals surface area (Å²) in [6, 6.07) is 0.0251. The topological polar surface area (TPSA) is 32.3 Å². The number of piperazine rings is 1. The predicted molar refractivity (Wildman–Crippen MR) is 49.3 cm³/mol. The second kappa shape index (κ2) is 4.83. The van der Waals surface area contributed by atoms with E-state index < -0.39 is 12.6 Å². The zero-order chi connectivity index (χ0) is 11.5. The van der Waals surface area contributed by atoms with Crippen LogP contribution in [0, 0.1) is 0 Å². The third kappa shape index (κ3) is 5.01. The van der Waals surface area contributed by atoms with Crippen LogP contribution in [0.25, 0.3) is 0 Å². The molecule has 88 valence electrons. The molecule has 1 heterocycles. The highest BCUT2D eigenvalue weighted by molar-refractivity contribution is 5.79. The van der Waals surface area contributed by atoms with Crippen molar-refractivity contribution in [2.45, 2.75) is 32.0 Å². The quantitative estimate of drug-likeness (QED) is 0.780. The van der Waals surface area contributed by atoms with Gasteiger partial charge >= 0.3 is 6.18 Å². The lowest BCUT2D eigenvalue weighted by Crippen LogP contribution is -2.52. The van der Waals surface area contributed by atoms with Gasteiger partial charge in [0.05, 0.1) is 6.54 Å². The second-order valence-electron chi connectivity index (χ2n) is 3.92. The van der Waals surface area contributed by atoms with Gasteiger partial charge in [0.2, 0.25) is 5.91 Å². The van der Waals surface area contributed by atoms with E-state index in [1.807, 2.05) is 6.92 Å². The van der Waals surface area contributed by atoms with Crippen molar-refractivity contribution in [1.29, 1.82) is 0 Å². The second-order valence-corrected chi connectivity index (χ2v) is 3.92. The van der Waals surface area contributed by atoms with Crippen LogP contribution in [0.1, 0.15) is 19.8 Å². The summed E-state index contributed by atoms with van der Waals surface area (Å²) in [6.07, 6.45) is -4.81. The molecule has 0 bridgehead atoms. The van der Waals surface area contributed by atoms with Crippen LogP contribution in [0.5, 0.6) is 0 Å². The monoisotopic (exact) mass is 224 g/mol. The van der Waals surface area contributed by atoms with Gasteiger partial charge in [0.15, 0.2) is 0 Å². The Kier molecular flexibility index (Phi) is 3.96. The maximum Gasteiger partial charge on any atom is 0.389 e. The van der Waals surface area contributed by atoms with Gasteiger partial charge in [0.25, 0.3) is 0 Å². The van der Waals surface area contributed by atoms with Gasteiger partial charge in [-0.1, -0.05) is 0 Å². The molecule has 1 aliphatic heterocycles. The smallest absolute Gasteiger partial charge is 0.351 e. The Balaban J connectivity index is 2.24. The molecule has 0 saturated carbocycles. The number of rotatable bonds is 3. The highest BCUT2D eigenvalue weighted by atomic mass is 19.4. The third-order valence-corrected chi connectivity index (χ3v) is 2.24. The molecule has 1 amide bonds. The summed E-state index contributed by atoms with van der Waals surface area (Å²) in [5.41, 5.74) is 0. The van der Waals surface area contributed by atoms with E-state index in [0.717, 1.165) is 0 Å². The molecule has 1 atom stereocenters. The number of hydrogen-bond acceptors (Lipinski definition) is 2. The van der Waals surface area contributed by atoms with E-state index in [9.17, 15) is 18.0 Å². The molecule has 1 aliphatic rings. The van der Waals surface area contributed by atoms with Crippen LogP contribution in [-0.4, -0.2) is 42.7 Å². The van der Waals surface area contributed by atoms with Gasteiger partial charge in [-0.3, -0.25) is 9.69 Å². The van der Waals surface area contributed by atoms with Gasteiger partial charge in [-0.05, 0) is 19.9 Å². The molecule has 1 N–H and O–H groups in total. The number of alkyl halides is 3. The highest BCUT2D eigenvalue weighted by Crippen LogP contribution is 2.21. The lowest BCUT2D eigenvalue weighted by atomic mass is 10.2. The molecule has 0 spiro atoms. The molecule has 0 aromatic carbocycles. The Morgan fingerprint density at radius 3 is 2.73 bits per heavy atom. The number of halogens is 3. The summed E-state index contributed by atoms with van der Waals surface area (Å²) in [5, 5.41) is 2.71. The highest BCUT2D eigenvalue weighted by Gasteiger charge is 2.27. The van der Waals surface area contributed by atoms with Crippen molar-refractivity contribution in [2.24, 2.45) is 0 Å². The van der Waals surface area contributed by atoms with Crippen molar-refractivity contribution in [3.05, 3.63) is 0 Å². The zero-order valence-corrected chi connectivity index (χ0v) is 8.60. The number of amides is 1. The zero-order valence-electron chi connectivity index (χ0n) is 8.60. The third-order valence-electron chi connectivity index (χ3n) is 2.24. The first-order chi connectivity index (χ1) is 6.87. The normalized spacial score (nSPS) is 24.0. The molecular formula is C9H15F3N2O. The Morgan fingerprint density at radius 2 is 2.20 bits per heavy atom. The van der Waals surface area contributed by atoms with Crippen LogP contribution in [0.3, 0.4) is 0 Å². The van der Waals surface area contributed by atoms with E-state index in [-0.39, 0.29) is 24.9 Å². The first kappa shape index (κ1) is 12.3. The molecular weight excluding hydrogens is 209 g/mol. The lowest BCUT2D eigenvalue weighted by Gasteiger charge is -2.31. The fraction of sp³-hybridized carbons (Fsp3) is 0.889. The largest absolute Gasteiger partial charge is 0.389 e. The Morgan fingerprint density at radius 1 is 1.53 bits per heavy atom. The maximum atomic E-state index is 11.9. The molecule has 6 heteroatoms. The minimum atomic E-state index is -4.09. The molecule has 1 fully saturated rings. The summed E-state index contributed by atoms with van der Waals surface area (Å²) in [6.45, 7) is 3.01. The number of carbonyl (C=O) groups excluding carboxylic acids is 1. The standard InChI is InChI=1S/C9H15F3N2O/c1-7-5-14(6-8(15)13-7)4-2-3-9(10,11)12/h7H,2-6H2,1H3,(H,13,15)/t7-/m1/s1. The van der Waals surface area contributed by atoms with Crippen molar-refractivity contribution in [3.63, 3.8) is 0 Å². The van der Waals surface area contributed by atoms with E-state index in [1.165, 1.54) is 0 Å². The molecule has 0 aromatic rings.